The molecule has 2 aromatic rings. The number of nitrogens with one attached hydrogen (secondary N) is 2. The highest BCUT2D eigenvalue weighted by molar-refractivity contribution is 5.93. The first-order valence-corrected chi connectivity index (χ1v) is 10.5. The first-order valence-electron chi connectivity index (χ1n) is 10.5. The summed E-state index contributed by atoms with van der Waals surface area (Å²) in [5.41, 5.74) is 0.709. The zero-order valence-electron chi connectivity index (χ0n) is 17.6. The van der Waals surface area contributed by atoms with E-state index < -0.39 is 0 Å². The monoisotopic (exact) mass is 410 g/mol. The van der Waals surface area contributed by atoms with Gasteiger partial charge in [-0.1, -0.05) is 18.2 Å². The van der Waals surface area contributed by atoms with Crippen LogP contribution in [0.3, 0.4) is 0 Å². The van der Waals surface area contributed by atoms with Crippen molar-refractivity contribution in [3.8, 4) is 5.75 Å². The van der Waals surface area contributed by atoms with Crippen molar-refractivity contribution in [3.63, 3.8) is 0 Å². The summed E-state index contributed by atoms with van der Waals surface area (Å²) in [6.07, 6.45) is 3.96. The molecule has 1 amide bonds. The fraction of sp³-hybridized carbons (Fsp3) is 0.478. The fourth-order valence-electron chi connectivity index (χ4n) is 4.83. The Morgan fingerprint density at radius 1 is 1.10 bits per heavy atom. The van der Waals surface area contributed by atoms with Gasteiger partial charge in [-0.3, -0.25) is 9.69 Å². The maximum Gasteiger partial charge on any atom is 0.238 e. The van der Waals surface area contributed by atoms with Crippen LogP contribution in [-0.2, 0) is 9.53 Å². The molecule has 2 fully saturated rings. The first-order chi connectivity index (χ1) is 14.7. The Labute approximate surface area is 177 Å². The number of rotatable bonds is 7. The summed E-state index contributed by atoms with van der Waals surface area (Å²) in [6.45, 7) is 2.25. The summed E-state index contributed by atoms with van der Waals surface area (Å²) in [6, 6.07) is 13.6. The number of nitrogens with zero attached hydrogens (tertiary/aromatic N) is 2. The van der Waals surface area contributed by atoms with Gasteiger partial charge in [0.15, 0.2) is 0 Å². The van der Waals surface area contributed by atoms with Crippen molar-refractivity contribution >= 4 is 17.4 Å². The maximum absolute atomic E-state index is 12.6. The molecule has 1 aromatic heterocycles. The number of aromatic nitrogens is 1. The fourth-order valence-corrected chi connectivity index (χ4v) is 4.83. The van der Waals surface area contributed by atoms with E-state index in [-0.39, 0.29) is 18.1 Å². The Morgan fingerprint density at radius 3 is 2.60 bits per heavy atom. The van der Waals surface area contributed by atoms with E-state index in [1.54, 1.807) is 20.4 Å². The second-order valence-corrected chi connectivity index (χ2v) is 8.17. The van der Waals surface area contributed by atoms with Crippen molar-refractivity contribution in [3.05, 3.63) is 48.7 Å². The molecule has 2 N–H and O–H groups in total. The summed E-state index contributed by atoms with van der Waals surface area (Å²) >= 11 is 0. The number of methoxy groups -OCH3 is 2. The number of fused-ring (bicyclic) bond motifs is 1. The predicted octanol–water partition coefficient (Wildman–Crippen LogP) is 2.87. The van der Waals surface area contributed by atoms with Crippen LogP contribution >= 0.6 is 0 Å². The maximum atomic E-state index is 12.6. The van der Waals surface area contributed by atoms with Crippen LogP contribution in [0.5, 0.6) is 5.75 Å². The summed E-state index contributed by atoms with van der Waals surface area (Å²) in [4.78, 5) is 19.3. The number of ether oxygens (including phenoxy) is 2. The molecule has 7 nitrogen and oxygen atoms in total. The number of likely N-dealkylation sites (tertiary alicyclic amines) is 1. The van der Waals surface area contributed by atoms with E-state index >= 15 is 0 Å². The molecule has 0 unspecified atom stereocenters. The molecule has 1 saturated heterocycles. The largest absolute Gasteiger partial charge is 0.495 e. The lowest BCUT2D eigenvalue weighted by Gasteiger charge is -2.37. The van der Waals surface area contributed by atoms with Gasteiger partial charge >= 0.3 is 0 Å². The molecule has 2 heterocycles. The van der Waals surface area contributed by atoms with Gasteiger partial charge in [0.25, 0.3) is 0 Å². The first kappa shape index (κ1) is 20.6. The molecular weight excluding hydrogens is 380 g/mol. The molecule has 2 aliphatic rings. The number of hydrogen-bond donors (Lipinski definition) is 2. The molecule has 160 valence electrons. The van der Waals surface area contributed by atoms with Crippen molar-refractivity contribution in [2.45, 2.75) is 25.0 Å². The molecule has 4 rings (SSSR count). The lowest BCUT2D eigenvalue weighted by molar-refractivity contribution is -0.117. The Morgan fingerprint density at radius 2 is 1.87 bits per heavy atom. The quantitative estimate of drug-likeness (QED) is 0.731. The predicted molar refractivity (Wildman–Crippen MR) is 117 cm³/mol. The van der Waals surface area contributed by atoms with E-state index in [0.29, 0.717) is 29.8 Å². The zero-order valence-corrected chi connectivity index (χ0v) is 17.6. The second kappa shape index (κ2) is 9.45. The van der Waals surface area contributed by atoms with Crippen LogP contribution in [0.1, 0.15) is 12.8 Å². The molecule has 1 saturated carbocycles. The minimum Gasteiger partial charge on any atom is -0.495 e. The Balaban J connectivity index is 1.34. The van der Waals surface area contributed by atoms with Crippen molar-refractivity contribution in [2.24, 2.45) is 11.8 Å². The second-order valence-electron chi connectivity index (χ2n) is 8.17. The number of para-hydroxylation sites is 2. The molecule has 0 radical (unpaired) electrons. The Hall–Kier alpha value is -2.64. The van der Waals surface area contributed by atoms with Crippen LogP contribution in [0.4, 0.5) is 11.5 Å². The molecule has 1 aliphatic heterocycles. The van der Waals surface area contributed by atoms with Gasteiger partial charge in [0, 0.05) is 26.4 Å². The topological polar surface area (TPSA) is 75.7 Å². The van der Waals surface area contributed by atoms with Gasteiger partial charge in [0.1, 0.15) is 11.6 Å². The third kappa shape index (κ3) is 4.74. The van der Waals surface area contributed by atoms with E-state index in [9.17, 15) is 4.79 Å². The number of benzene rings is 1. The van der Waals surface area contributed by atoms with Gasteiger partial charge in [-0.05, 0) is 48.9 Å². The summed E-state index contributed by atoms with van der Waals surface area (Å²) in [5.74, 6) is 2.65. The van der Waals surface area contributed by atoms with Crippen LogP contribution in [0.25, 0.3) is 0 Å². The van der Waals surface area contributed by atoms with Crippen LogP contribution in [0.15, 0.2) is 48.7 Å². The van der Waals surface area contributed by atoms with Crippen molar-refractivity contribution < 1.29 is 14.3 Å². The van der Waals surface area contributed by atoms with Crippen molar-refractivity contribution in [2.75, 3.05) is 44.5 Å². The van der Waals surface area contributed by atoms with Crippen LogP contribution in [0.2, 0.25) is 0 Å². The number of carbonyl (C=O) groups excluding carboxylic acids is 1. The molecular formula is C23H30N4O3. The van der Waals surface area contributed by atoms with Gasteiger partial charge in [-0.2, -0.15) is 0 Å². The molecule has 4 atom stereocenters. The van der Waals surface area contributed by atoms with E-state index in [0.717, 1.165) is 31.7 Å². The standard InChI is InChI=1S/C23H30N4O3/c1-29-20-8-4-3-7-18(20)26-23(28)15-27-13-16-11-19(21(30-2)12-17(16)14-27)25-22-9-5-6-10-24-22/h3-10,16-17,19,21H,11-15H2,1-2H3,(H,24,25)(H,26,28)/t16-,17+,19-,21-/m1/s1. The van der Waals surface area contributed by atoms with Crippen LogP contribution in [0, 0.1) is 11.8 Å². The number of amides is 1. The molecule has 1 aromatic carbocycles. The summed E-state index contributed by atoms with van der Waals surface area (Å²) < 4.78 is 11.1. The lowest BCUT2D eigenvalue weighted by atomic mass is 9.77. The van der Waals surface area contributed by atoms with Crippen LogP contribution < -0.4 is 15.4 Å². The normalized spacial score (nSPS) is 26.1. The Kier molecular flexibility index (Phi) is 6.50. The van der Waals surface area contributed by atoms with Gasteiger partial charge in [0.2, 0.25) is 5.91 Å². The smallest absolute Gasteiger partial charge is 0.238 e. The highest BCUT2D eigenvalue weighted by Gasteiger charge is 2.42. The third-order valence-corrected chi connectivity index (χ3v) is 6.24. The lowest BCUT2D eigenvalue weighted by Crippen LogP contribution is -2.44. The summed E-state index contributed by atoms with van der Waals surface area (Å²) in [7, 11) is 3.39. The highest BCUT2D eigenvalue weighted by atomic mass is 16.5. The number of anilines is 2. The molecule has 30 heavy (non-hydrogen) atoms. The average molecular weight is 411 g/mol. The van der Waals surface area contributed by atoms with E-state index in [1.165, 1.54) is 0 Å². The minimum absolute atomic E-state index is 0.00963. The average Bonchev–Trinajstić information content (AvgIpc) is 3.15. The molecule has 1 aliphatic carbocycles. The third-order valence-electron chi connectivity index (χ3n) is 6.24. The summed E-state index contributed by atoms with van der Waals surface area (Å²) in [5, 5.41) is 6.53. The van der Waals surface area contributed by atoms with Gasteiger partial charge in [-0.15, -0.1) is 0 Å². The molecule has 0 bridgehead atoms. The SMILES string of the molecule is COc1ccccc1NC(=O)CN1C[C@H]2C[C@@H](Nc3ccccn3)[C@H](OC)C[C@H]2C1. The van der Waals surface area contributed by atoms with Gasteiger partial charge in [-0.25, -0.2) is 4.98 Å². The Bertz CT molecular complexity index is 847. The van der Waals surface area contributed by atoms with Crippen LogP contribution in [-0.4, -0.2) is 61.8 Å². The van der Waals surface area contributed by atoms with E-state index in [1.807, 2.05) is 42.5 Å². The van der Waals surface area contributed by atoms with E-state index in [2.05, 4.69) is 20.5 Å². The minimum atomic E-state index is -0.00963. The molecule has 0 spiro atoms. The number of hydrogen-bond acceptors (Lipinski definition) is 6. The van der Waals surface area contributed by atoms with E-state index in [4.69, 9.17) is 9.47 Å². The molecule has 7 heteroatoms. The van der Waals surface area contributed by atoms with Gasteiger partial charge in [0.05, 0.1) is 31.5 Å². The number of carbonyl (C=O) groups is 1. The van der Waals surface area contributed by atoms with Crippen molar-refractivity contribution in [1.82, 2.24) is 9.88 Å². The van der Waals surface area contributed by atoms with Gasteiger partial charge < -0.3 is 20.1 Å². The van der Waals surface area contributed by atoms with Crippen molar-refractivity contribution in [1.29, 1.82) is 0 Å². The highest BCUT2D eigenvalue weighted by Crippen LogP contribution is 2.38. The number of pyridine rings is 1. The zero-order chi connectivity index (χ0) is 20.9.